The number of aromatic nitrogens is 3. The van der Waals surface area contributed by atoms with Crippen molar-refractivity contribution in [3.63, 3.8) is 0 Å². The summed E-state index contributed by atoms with van der Waals surface area (Å²) in [5, 5.41) is 9.47. The smallest absolute Gasteiger partial charge is 0.324 e. The number of carbonyl (C=O) groups is 1. The topological polar surface area (TPSA) is 100 Å². The van der Waals surface area contributed by atoms with Gasteiger partial charge in [-0.3, -0.25) is 14.6 Å². The van der Waals surface area contributed by atoms with E-state index in [1.54, 1.807) is 17.4 Å². The van der Waals surface area contributed by atoms with E-state index in [4.69, 9.17) is 14.2 Å². The van der Waals surface area contributed by atoms with E-state index in [1.165, 1.54) is 0 Å². The Labute approximate surface area is 242 Å². The minimum absolute atomic E-state index is 0.186. The summed E-state index contributed by atoms with van der Waals surface area (Å²) >= 11 is 1.65. The Hall–Kier alpha value is -3.93. The van der Waals surface area contributed by atoms with Crippen molar-refractivity contribution in [2.45, 2.75) is 26.2 Å². The fraction of sp³-hybridized carbons (Fsp3) is 0.367. The van der Waals surface area contributed by atoms with Gasteiger partial charge in [-0.25, -0.2) is 9.78 Å². The van der Waals surface area contributed by atoms with Gasteiger partial charge >= 0.3 is 6.03 Å². The number of nitrogens with zero attached hydrogens (tertiary/aromatic N) is 5. The highest BCUT2D eigenvalue weighted by atomic mass is 32.1. The number of thiazole rings is 1. The fourth-order valence-electron chi connectivity index (χ4n) is 4.76. The number of piperazine rings is 1. The van der Waals surface area contributed by atoms with E-state index >= 15 is 0 Å². The molecule has 1 fully saturated rings. The van der Waals surface area contributed by atoms with E-state index in [2.05, 4.69) is 55.4 Å². The average Bonchev–Trinajstić information content (AvgIpc) is 3.65. The first-order chi connectivity index (χ1) is 19.7. The van der Waals surface area contributed by atoms with E-state index in [0.29, 0.717) is 23.9 Å². The molecule has 214 valence electrons. The second-order valence-corrected chi connectivity index (χ2v) is 12.5. The first-order valence-electron chi connectivity index (χ1n) is 13.8. The number of imidazole rings is 1. The van der Waals surface area contributed by atoms with Crippen molar-refractivity contribution >= 4 is 44.1 Å². The number of fused-ring (bicyclic) bond motifs is 3. The minimum Gasteiger partial charge on any atom is -0.492 e. The van der Waals surface area contributed by atoms with Gasteiger partial charge in [-0.15, -0.1) is 0 Å². The maximum Gasteiger partial charge on any atom is 0.324 e. The van der Waals surface area contributed by atoms with E-state index in [-0.39, 0.29) is 11.4 Å². The molecule has 0 radical (unpaired) electrons. The van der Waals surface area contributed by atoms with Gasteiger partial charge in [-0.1, -0.05) is 49.4 Å². The summed E-state index contributed by atoms with van der Waals surface area (Å²) in [6, 6.07) is 15.2. The molecule has 0 saturated carbocycles. The van der Waals surface area contributed by atoms with Crippen molar-refractivity contribution in [2.24, 2.45) is 0 Å². The van der Waals surface area contributed by atoms with Crippen molar-refractivity contribution < 1.29 is 14.1 Å². The number of ether oxygens (including phenoxy) is 1. The molecule has 41 heavy (non-hydrogen) atoms. The molecule has 0 atom stereocenters. The highest BCUT2D eigenvalue weighted by Gasteiger charge is 2.20. The number of rotatable bonds is 7. The number of urea groups is 1. The maximum atomic E-state index is 12.4. The number of hydrogen-bond donors (Lipinski definition) is 2. The Morgan fingerprint density at radius 2 is 1.83 bits per heavy atom. The Balaban J connectivity index is 1.07. The van der Waals surface area contributed by atoms with Crippen LogP contribution in [0, 0.1) is 0 Å². The minimum atomic E-state index is -0.386. The standard InChI is InChI=1S/C30H35N7O3S/c1-30(2,3)26-18-27(34-40-26)33-28(38)31-21-7-5-20(6-8-21)23-19-37-24-10-9-22(17-25(24)41-29(37)32-23)39-16-15-36-13-11-35(4)12-14-36/h5-10,17-19H,11-16H2,1-4H3,(H2,31,33,34,38). The zero-order valence-corrected chi connectivity index (χ0v) is 24.6. The highest BCUT2D eigenvalue weighted by Crippen LogP contribution is 2.32. The van der Waals surface area contributed by atoms with Gasteiger partial charge in [0.15, 0.2) is 10.8 Å². The van der Waals surface area contributed by atoms with Crippen LogP contribution in [0.1, 0.15) is 26.5 Å². The van der Waals surface area contributed by atoms with Crippen LogP contribution in [0.5, 0.6) is 5.75 Å². The van der Waals surface area contributed by atoms with Crippen molar-refractivity contribution in [1.82, 2.24) is 24.3 Å². The van der Waals surface area contributed by atoms with Crippen molar-refractivity contribution in [2.75, 3.05) is 57.0 Å². The van der Waals surface area contributed by atoms with Gasteiger partial charge in [0.05, 0.1) is 15.9 Å². The van der Waals surface area contributed by atoms with Gasteiger partial charge in [-0.2, -0.15) is 0 Å². The van der Waals surface area contributed by atoms with E-state index in [9.17, 15) is 4.79 Å². The third kappa shape index (κ3) is 6.22. The van der Waals surface area contributed by atoms with Crippen LogP contribution >= 0.6 is 11.3 Å². The molecular weight excluding hydrogens is 538 g/mol. The first kappa shape index (κ1) is 27.3. The summed E-state index contributed by atoms with van der Waals surface area (Å²) in [4.78, 5) is 23.0. The molecule has 10 nitrogen and oxygen atoms in total. The molecule has 6 rings (SSSR count). The predicted octanol–water partition coefficient (Wildman–Crippen LogP) is 5.77. The second-order valence-electron chi connectivity index (χ2n) is 11.5. The van der Waals surface area contributed by atoms with Crippen LogP contribution < -0.4 is 15.4 Å². The maximum absolute atomic E-state index is 12.4. The van der Waals surface area contributed by atoms with Crippen LogP contribution in [0.25, 0.3) is 26.4 Å². The lowest BCUT2D eigenvalue weighted by molar-refractivity contribution is 0.134. The number of anilines is 2. The Morgan fingerprint density at radius 1 is 1.05 bits per heavy atom. The molecule has 3 aromatic heterocycles. The quantitative estimate of drug-likeness (QED) is 0.255. The Kier molecular flexibility index (Phi) is 7.41. The zero-order valence-electron chi connectivity index (χ0n) is 23.8. The molecule has 1 aliphatic heterocycles. The van der Waals surface area contributed by atoms with E-state index in [0.717, 1.165) is 64.9 Å². The van der Waals surface area contributed by atoms with Gasteiger partial charge < -0.3 is 19.5 Å². The molecule has 11 heteroatoms. The average molecular weight is 574 g/mol. The molecule has 2 amide bonds. The number of hydrogen-bond acceptors (Lipinski definition) is 8. The largest absolute Gasteiger partial charge is 0.492 e. The zero-order chi connectivity index (χ0) is 28.6. The summed E-state index contributed by atoms with van der Waals surface area (Å²) in [6.07, 6.45) is 2.05. The molecule has 0 spiro atoms. The summed E-state index contributed by atoms with van der Waals surface area (Å²) in [5.41, 5.74) is 3.42. The number of benzene rings is 2. The predicted molar refractivity (Wildman–Crippen MR) is 163 cm³/mol. The molecule has 5 aromatic rings. The first-order valence-corrected chi connectivity index (χ1v) is 14.6. The van der Waals surface area contributed by atoms with Crippen LogP contribution in [-0.2, 0) is 5.41 Å². The molecule has 0 aliphatic carbocycles. The second kappa shape index (κ2) is 11.2. The molecule has 4 heterocycles. The molecule has 0 bridgehead atoms. The molecule has 2 aromatic carbocycles. The fourth-order valence-corrected chi connectivity index (χ4v) is 5.80. The summed E-state index contributed by atoms with van der Waals surface area (Å²) in [7, 11) is 2.17. The molecule has 1 aliphatic rings. The monoisotopic (exact) mass is 573 g/mol. The normalized spacial score (nSPS) is 15.0. The number of nitrogens with one attached hydrogen (secondary N) is 2. The summed E-state index contributed by atoms with van der Waals surface area (Å²) in [6.45, 7) is 12.1. The Bertz CT molecular complexity index is 1660. The van der Waals surface area contributed by atoms with Gasteiger partial charge in [0, 0.05) is 61.7 Å². The van der Waals surface area contributed by atoms with E-state index < -0.39 is 0 Å². The van der Waals surface area contributed by atoms with Crippen molar-refractivity contribution in [3.8, 4) is 17.0 Å². The number of carbonyl (C=O) groups excluding carboxylic acids is 1. The SMILES string of the molecule is CN1CCN(CCOc2ccc3c(c2)sc2nc(-c4ccc(NC(=O)Nc5cc(C(C)(C)C)on5)cc4)cn23)CC1. The van der Waals surface area contributed by atoms with Gasteiger partial charge in [-0.05, 0) is 37.4 Å². The van der Waals surface area contributed by atoms with Gasteiger partial charge in [0.2, 0.25) is 0 Å². The van der Waals surface area contributed by atoms with Crippen LogP contribution in [0.4, 0.5) is 16.3 Å². The number of likely N-dealkylation sites (N-methyl/N-ethyl adjacent to an activating group) is 1. The molecule has 0 unspecified atom stereocenters. The highest BCUT2D eigenvalue weighted by molar-refractivity contribution is 7.23. The molecule has 2 N–H and O–H groups in total. The van der Waals surface area contributed by atoms with Gasteiger partial charge in [0.25, 0.3) is 0 Å². The summed E-state index contributed by atoms with van der Waals surface area (Å²) in [5.74, 6) is 1.97. The lowest BCUT2D eigenvalue weighted by Gasteiger charge is -2.32. The summed E-state index contributed by atoms with van der Waals surface area (Å²) < 4.78 is 14.7. The third-order valence-electron chi connectivity index (χ3n) is 7.27. The van der Waals surface area contributed by atoms with Crippen LogP contribution in [-0.4, -0.2) is 76.8 Å². The lowest BCUT2D eigenvalue weighted by atomic mass is 9.93. The Morgan fingerprint density at radius 3 is 2.56 bits per heavy atom. The number of amides is 2. The lowest BCUT2D eigenvalue weighted by Crippen LogP contribution is -2.45. The van der Waals surface area contributed by atoms with Crippen molar-refractivity contribution in [3.05, 3.63) is 60.5 Å². The van der Waals surface area contributed by atoms with Crippen LogP contribution in [0.3, 0.4) is 0 Å². The van der Waals surface area contributed by atoms with Crippen LogP contribution in [0.15, 0.2) is 59.3 Å². The molecule has 1 saturated heterocycles. The van der Waals surface area contributed by atoms with Crippen LogP contribution in [0.2, 0.25) is 0 Å². The van der Waals surface area contributed by atoms with Crippen molar-refractivity contribution in [1.29, 1.82) is 0 Å². The van der Waals surface area contributed by atoms with E-state index in [1.807, 2.05) is 51.1 Å². The third-order valence-corrected chi connectivity index (χ3v) is 8.28. The molecular formula is C30H35N7O3S. The van der Waals surface area contributed by atoms with Gasteiger partial charge in [0.1, 0.15) is 18.1 Å².